The zero-order valence-corrected chi connectivity index (χ0v) is 12.2. The van der Waals surface area contributed by atoms with E-state index in [1.165, 1.54) is 0 Å². The van der Waals surface area contributed by atoms with Crippen molar-refractivity contribution in [2.45, 2.75) is 38.6 Å². The number of hydrogen-bond donors (Lipinski definition) is 2. The molecule has 1 atom stereocenters. The highest BCUT2D eigenvalue weighted by Crippen LogP contribution is 2.00. The first kappa shape index (κ1) is 15.1. The second-order valence-corrected chi connectivity index (χ2v) is 6.90. The summed E-state index contributed by atoms with van der Waals surface area (Å²) in [5.74, 6) is 0. The molecule has 0 radical (unpaired) electrons. The standard InChI is InChI=1S/C11H22N4O2S/c1-9(2)12-7-10(3)18(16,17)13-8-11-5-6-15(4)14-11/h5-6,9-10,12-13H,7-8H2,1-4H3. The first-order valence-electron chi connectivity index (χ1n) is 6.01. The summed E-state index contributed by atoms with van der Waals surface area (Å²) < 4.78 is 28.1. The van der Waals surface area contributed by atoms with Gasteiger partial charge in [-0.2, -0.15) is 5.10 Å². The monoisotopic (exact) mass is 274 g/mol. The van der Waals surface area contributed by atoms with Gasteiger partial charge in [0, 0.05) is 25.8 Å². The van der Waals surface area contributed by atoms with Gasteiger partial charge in [-0.15, -0.1) is 0 Å². The first-order chi connectivity index (χ1) is 8.31. The average molecular weight is 274 g/mol. The van der Waals surface area contributed by atoms with Crippen molar-refractivity contribution in [1.82, 2.24) is 19.8 Å². The van der Waals surface area contributed by atoms with Crippen LogP contribution < -0.4 is 10.0 Å². The molecule has 2 N–H and O–H groups in total. The smallest absolute Gasteiger partial charge is 0.215 e. The van der Waals surface area contributed by atoms with E-state index in [1.807, 2.05) is 13.8 Å². The van der Waals surface area contributed by atoms with Crippen molar-refractivity contribution in [3.05, 3.63) is 18.0 Å². The van der Waals surface area contributed by atoms with Crippen LogP contribution in [0.3, 0.4) is 0 Å². The molecule has 1 unspecified atom stereocenters. The molecule has 0 aliphatic carbocycles. The molecule has 0 saturated heterocycles. The normalized spacial score (nSPS) is 14.1. The predicted octanol–water partition coefficient (Wildman–Crippen LogP) is 0.226. The van der Waals surface area contributed by atoms with E-state index in [9.17, 15) is 8.42 Å². The van der Waals surface area contributed by atoms with Gasteiger partial charge in [-0.05, 0) is 13.0 Å². The minimum atomic E-state index is -3.31. The number of aromatic nitrogens is 2. The molecule has 1 aromatic rings. The van der Waals surface area contributed by atoms with E-state index in [-0.39, 0.29) is 12.6 Å². The van der Waals surface area contributed by atoms with Crippen LogP contribution in [0.4, 0.5) is 0 Å². The third-order valence-corrected chi connectivity index (χ3v) is 4.34. The van der Waals surface area contributed by atoms with Crippen LogP contribution in [0.25, 0.3) is 0 Å². The lowest BCUT2D eigenvalue weighted by atomic mass is 10.3. The third kappa shape index (κ3) is 4.75. The van der Waals surface area contributed by atoms with Crippen molar-refractivity contribution in [2.75, 3.05) is 6.54 Å². The quantitative estimate of drug-likeness (QED) is 0.746. The summed E-state index contributed by atoms with van der Waals surface area (Å²) in [6.45, 7) is 6.34. The third-order valence-electron chi connectivity index (χ3n) is 2.57. The number of nitrogens with one attached hydrogen (secondary N) is 2. The van der Waals surface area contributed by atoms with Gasteiger partial charge >= 0.3 is 0 Å². The van der Waals surface area contributed by atoms with E-state index in [2.05, 4.69) is 15.1 Å². The number of aryl methyl sites for hydroxylation is 1. The van der Waals surface area contributed by atoms with Gasteiger partial charge in [0.25, 0.3) is 0 Å². The molecule has 0 aromatic carbocycles. The van der Waals surface area contributed by atoms with Crippen molar-refractivity contribution < 1.29 is 8.42 Å². The lowest BCUT2D eigenvalue weighted by Gasteiger charge is -2.15. The Morgan fingerprint density at radius 3 is 2.56 bits per heavy atom. The van der Waals surface area contributed by atoms with E-state index >= 15 is 0 Å². The van der Waals surface area contributed by atoms with Crippen molar-refractivity contribution in [1.29, 1.82) is 0 Å². The Bertz CT molecular complexity index is 467. The van der Waals surface area contributed by atoms with E-state index < -0.39 is 15.3 Å². The Morgan fingerprint density at radius 1 is 1.39 bits per heavy atom. The molecular formula is C11H22N4O2S. The SMILES string of the molecule is CC(C)NCC(C)S(=O)(=O)NCc1ccn(C)n1. The fourth-order valence-corrected chi connectivity index (χ4v) is 2.33. The summed E-state index contributed by atoms with van der Waals surface area (Å²) in [5, 5.41) is 6.77. The minimum absolute atomic E-state index is 0.231. The number of hydrogen-bond acceptors (Lipinski definition) is 4. The number of rotatable bonds is 7. The molecule has 1 rings (SSSR count). The molecule has 6 nitrogen and oxygen atoms in total. The van der Waals surface area contributed by atoms with Gasteiger partial charge in [-0.1, -0.05) is 13.8 Å². The van der Waals surface area contributed by atoms with Gasteiger partial charge in [0.2, 0.25) is 10.0 Å². The second kappa shape index (κ2) is 6.31. The van der Waals surface area contributed by atoms with E-state index in [4.69, 9.17) is 0 Å². The number of nitrogens with zero attached hydrogens (tertiary/aromatic N) is 2. The zero-order chi connectivity index (χ0) is 13.8. The molecule has 0 fully saturated rings. The van der Waals surface area contributed by atoms with Crippen molar-refractivity contribution in [2.24, 2.45) is 7.05 Å². The first-order valence-corrected chi connectivity index (χ1v) is 7.56. The lowest BCUT2D eigenvalue weighted by molar-refractivity contribution is 0.539. The highest BCUT2D eigenvalue weighted by molar-refractivity contribution is 7.90. The molecule has 1 heterocycles. The molecule has 0 bridgehead atoms. The lowest BCUT2D eigenvalue weighted by Crippen LogP contribution is -2.40. The largest absolute Gasteiger partial charge is 0.313 e. The Balaban J connectivity index is 2.48. The van der Waals surface area contributed by atoms with Crippen LogP contribution in [0.15, 0.2) is 12.3 Å². The molecule has 0 aliphatic rings. The zero-order valence-electron chi connectivity index (χ0n) is 11.3. The Kier molecular flexibility index (Phi) is 5.30. The van der Waals surface area contributed by atoms with Crippen LogP contribution in [0, 0.1) is 0 Å². The van der Waals surface area contributed by atoms with E-state index in [0.29, 0.717) is 12.2 Å². The molecule has 0 amide bonds. The average Bonchev–Trinajstić information content (AvgIpc) is 2.69. The van der Waals surface area contributed by atoms with Gasteiger partial charge in [0.15, 0.2) is 0 Å². The van der Waals surface area contributed by atoms with Crippen molar-refractivity contribution in [3.63, 3.8) is 0 Å². The summed E-state index contributed by atoms with van der Waals surface area (Å²) in [5.41, 5.74) is 0.713. The Labute approximate surface area is 109 Å². The molecular weight excluding hydrogens is 252 g/mol. The molecule has 18 heavy (non-hydrogen) atoms. The van der Waals surface area contributed by atoms with Crippen LogP contribution in [0.2, 0.25) is 0 Å². The van der Waals surface area contributed by atoms with Gasteiger partial charge in [0.1, 0.15) is 0 Å². The molecule has 1 aromatic heterocycles. The molecule has 7 heteroatoms. The minimum Gasteiger partial charge on any atom is -0.313 e. The van der Waals surface area contributed by atoms with Gasteiger partial charge in [-0.25, -0.2) is 13.1 Å². The summed E-state index contributed by atoms with van der Waals surface area (Å²) in [7, 11) is -1.51. The topological polar surface area (TPSA) is 76.0 Å². The second-order valence-electron chi connectivity index (χ2n) is 4.72. The number of sulfonamides is 1. The van der Waals surface area contributed by atoms with Gasteiger partial charge in [0.05, 0.1) is 17.5 Å². The van der Waals surface area contributed by atoms with Crippen LogP contribution in [-0.2, 0) is 23.6 Å². The molecule has 0 spiro atoms. The van der Waals surface area contributed by atoms with Gasteiger partial charge < -0.3 is 5.32 Å². The molecule has 104 valence electrons. The van der Waals surface area contributed by atoms with Crippen molar-refractivity contribution >= 4 is 10.0 Å². The highest BCUT2D eigenvalue weighted by Gasteiger charge is 2.20. The van der Waals surface area contributed by atoms with E-state index in [1.54, 1.807) is 30.9 Å². The summed E-state index contributed by atoms with van der Waals surface area (Å²) in [6.07, 6.45) is 1.79. The van der Waals surface area contributed by atoms with Crippen LogP contribution in [-0.4, -0.2) is 36.0 Å². The Morgan fingerprint density at radius 2 is 2.06 bits per heavy atom. The van der Waals surface area contributed by atoms with Crippen LogP contribution in [0.1, 0.15) is 26.5 Å². The summed E-state index contributed by atoms with van der Waals surface area (Å²) >= 11 is 0. The molecule has 0 saturated carbocycles. The predicted molar refractivity (Wildman–Crippen MR) is 71.6 cm³/mol. The fraction of sp³-hybridized carbons (Fsp3) is 0.727. The van der Waals surface area contributed by atoms with Crippen molar-refractivity contribution in [3.8, 4) is 0 Å². The fourth-order valence-electron chi connectivity index (χ4n) is 1.39. The Hall–Kier alpha value is -0.920. The summed E-state index contributed by atoms with van der Waals surface area (Å²) in [6, 6.07) is 2.07. The van der Waals surface area contributed by atoms with Crippen LogP contribution >= 0.6 is 0 Å². The summed E-state index contributed by atoms with van der Waals surface area (Å²) in [4.78, 5) is 0. The van der Waals surface area contributed by atoms with E-state index in [0.717, 1.165) is 0 Å². The molecule has 0 aliphatic heterocycles. The maximum Gasteiger partial charge on any atom is 0.215 e. The maximum atomic E-state index is 11.9. The maximum absolute atomic E-state index is 11.9. The highest BCUT2D eigenvalue weighted by atomic mass is 32.2. The van der Waals surface area contributed by atoms with Gasteiger partial charge in [-0.3, -0.25) is 4.68 Å². The van der Waals surface area contributed by atoms with Crippen LogP contribution in [0.5, 0.6) is 0 Å².